The molecule has 5 rings (SSSR count). The van der Waals surface area contributed by atoms with Gasteiger partial charge in [-0.3, -0.25) is 4.68 Å². The van der Waals surface area contributed by atoms with Crippen LogP contribution in [0, 0.1) is 11.8 Å². The molecule has 2 aliphatic rings. The number of aryl methyl sites for hydroxylation is 1. The molecule has 0 spiro atoms. The summed E-state index contributed by atoms with van der Waals surface area (Å²) in [7, 11) is 1.91. The molecule has 1 aromatic carbocycles. The van der Waals surface area contributed by atoms with Crippen LogP contribution in [0.5, 0.6) is 0 Å². The minimum Gasteiger partial charge on any atom is -0.390 e. The maximum atomic E-state index is 15.2. The highest BCUT2D eigenvalue weighted by Gasteiger charge is 2.36. The molecule has 1 saturated heterocycles. The van der Waals surface area contributed by atoms with E-state index in [1.807, 2.05) is 54.9 Å². The number of alkyl halides is 1. The topological polar surface area (TPSA) is 119 Å². The van der Waals surface area contributed by atoms with Crippen LogP contribution in [0.4, 0.5) is 10.3 Å². The highest BCUT2D eigenvalue weighted by Crippen LogP contribution is 2.40. The molecular weight excluding hydrogens is 433 g/mol. The van der Waals surface area contributed by atoms with Crippen LogP contribution in [0.15, 0.2) is 36.7 Å². The lowest BCUT2D eigenvalue weighted by atomic mass is 9.77. The molecule has 34 heavy (non-hydrogen) atoms. The lowest BCUT2D eigenvalue weighted by molar-refractivity contribution is 0.131. The Morgan fingerprint density at radius 3 is 2.74 bits per heavy atom. The predicted molar refractivity (Wildman–Crippen MR) is 132 cm³/mol. The number of halogens is 1. The molecule has 6 unspecified atom stereocenters. The minimum absolute atomic E-state index is 0.122. The van der Waals surface area contributed by atoms with E-state index in [2.05, 4.69) is 16.1 Å². The molecule has 6 atom stereocenters. The van der Waals surface area contributed by atoms with Crippen molar-refractivity contribution in [3.05, 3.63) is 42.4 Å². The second-order valence-electron chi connectivity index (χ2n) is 9.73. The Morgan fingerprint density at radius 1 is 1.18 bits per heavy atom. The van der Waals surface area contributed by atoms with E-state index in [9.17, 15) is 5.11 Å². The van der Waals surface area contributed by atoms with Gasteiger partial charge in [0.15, 0.2) is 0 Å². The van der Waals surface area contributed by atoms with Crippen LogP contribution < -0.4 is 16.4 Å². The van der Waals surface area contributed by atoms with Gasteiger partial charge in [0.1, 0.15) is 6.17 Å². The number of aliphatic hydroxyl groups excluding tert-OH is 1. The summed E-state index contributed by atoms with van der Waals surface area (Å²) in [5.41, 5.74) is 16.4. The standard InChI is InChI=1S/C25H32FN7O/c1-13-8-17(14(2)22(26)23(13)28)24-18(15-4-5-20-16(9-15)10-30-32(20)3)11-29-25(31-24)33-7-6-19(27)21(34)12-33/h4-5,8-11,13-14,19,21-23,34H,6-7,12,27-28H2,1-3H3. The second kappa shape index (κ2) is 8.72. The van der Waals surface area contributed by atoms with Crippen LogP contribution in [0.2, 0.25) is 0 Å². The van der Waals surface area contributed by atoms with E-state index in [1.54, 1.807) is 6.20 Å². The van der Waals surface area contributed by atoms with Gasteiger partial charge in [0.05, 0.1) is 23.5 Å². The van der Waals surface area contributed by atoms with Gasteiger partial charge >= 0.3 is 0 Å². The summed E-state index contributed by atoms with van der Waals surface area (Å²) in [6.45, 7) is 4.82. The van der Waals surface area contributed by atoms with Crippen LogP contribution in [-0.2, 0) is 7.05 Å². The molecular formula is C25H32FN7O. The molecule has 1 aliphatic carbocycles. The normalized spacial score (nSPS) is 30.0. The maximum Gasteiger partial charge on any atom is 0.225 e. The van der Waals surface area contributed by atoms with Crippen LogP contribution in [0.25, 0.3) is 27.6 Å². The van der Waals surface area contributed by atoms with Gasteiger partial charge in [0.25, 0.3) is 0 Å². The van der Waals surface area contributed by atoms with Crippen molar-refractivity contribution in [2.75, 3.05) is 18.0 Å². The summed E-state index contributed by atoms with van der Waals surface area (Å²) in [5.74, 6) is -0.0172. The first-order valence-electron chi connectivity index (χ1n) is 11.8. The Hall–Kier alpha value is -2.88. The summed E-state index contributed by atoms with van der Waals surface area (Å²) in [6, 6.07) is 5.30. The van der Waals surface area contributed by atoms with Gasteiger partial charge in [-0.15, -0.1) is 0 Å². The van der Waals surface area contributed by atoms with Crippen molar-refractivity contribution in [1.82, 2.24) is 19.7 Å². The fraction of sp³-hybridized carbons (Fsp3) is 0.480. The molecule has 0 radical (unpaired) electrons. The summed E-state index contributed by atoms with van der Waals surface area (Å²) >= 11 is 0. The SMILES string of the molecule is CC1C=C(c2nc(N3CCC(N)C(O)C3)ncc2-c2ccc3c(cnn3C)c2)C(C)C(F)C1N. The van der Waals surface area contributed by atoms with Gasteiger partial charge in [0.2, 0.25) is 5.95 Å². The molecule has 1 fully saturated rings. The molecule has 180 valence electrons. The largest absolute Gasteiger partial charge is 0.390 e. The van der Waals surface area contributed by atoms with Gasteiger partial charge < -0.3 is 21.5 Å². The Kier molecular flexibility index (Phi) is 5.87. The minimum atomic E-state index is -1.17. The average molecular weight is 466 g/mol. The van der Waals surface area contributed by atoms with E-state index >= 15 is 4.39 Å². The number of hydrogen-bond donors (Lipinski definition) is 3. The lowest BCUT2D eigenvalue weighted by Gasteiger charge is -2.36. The van der Waals surface area contributed by atoms with Crippen LogP contribution in [0.1, 0.15) is 26.0 Å². The second-order valence-corrected chi connectivity index (χ2v) is 9.73. The highest BCUT2D eigenvalue weighted by molar-refractivity contribution is 5.88. The number of aromatic nitrogens is 4. The third kappa shape index (κ3) is 3.87. The first-order chi connectivity index (χ1) is 16.2. The third-order valence-electron chi connectivity index (χ3n) is 7.41. The first kappa shape index (κ1) is 22.9. The van der Waals surface area contributed by atoms with Gasteiger partial charge in [-0.25, -0.2) is 14.4 Å². The summed E-state index contributed by atoms with van der Waals surface area (Å²) < 4.78 is 17.0. The van der Waals surface area contributed by atoms with E-state index in [0.29, 0.717) is 31.2 Å². The van der Waals surface area contributed by atoms with Gasteiger partial charge in [0, 0.05) is 55.3 Å². The summed E-state index contributed by atoms with van der Waals surface area (Å²) in [5, 5.41) is 15.6. The van der Waals surface area contributed by atoms with Crippen molar-refractivity contribution < 1.29 is 9.50 Å². The zero-order valence-corrected chi connectivity index (χ0v) is 19.8. The Morgan fingerprint density at radius 2 is 1.97 bits per heavy atom. The van der Waals surface area contributed by atoms with E-state index in [-0.39, 0.29) is 12.0 Å². The summed E-state index contributed by atoms with van der Waals surface area (Å²) in [6.07, 6.45) is 4.51. The smallest absolute Gasteiger partial charge is 0.225 e. The fourth-order valence-corrected chi connectivity index (χ4v) is 5.05. The van der Waals surface area contributed by atoms with Gasteiger partial charge in [-0.05, 0) is 35.6 Å². The highest BCUT2D eigenvalue weighted by atomic mass is 19.1. The molecule has 0 saturated carbocycles. The van der Waals surface area contributed by atoms with Crippen LogP contribution in [-0.4, -0.2) is 62.3 Å². The number of aliphatic hydroxyl groups is 1. The molecule has 2 aromatic heterocycles. The third-order valence-corrected chi connectivity index (χ3v) is 7.41. The Bertz CT molecular complexity index is 1240. The molecule has 3 heterocycles. The molecule has 0 bridgehead atoms. The van der Waals surface area contributed by atoms with E-state index in [4.69, 9.17) is 16.5 Å². The molecule has 0 amide bonds. The van der Waals surface area contributed by atoms with Crippen molar-refractivity contribution in [3.63, 3.8) is 0 Å². The number of benzene rings is 1. The molecule has 8 nitrogen and oxygen atoms in total. The van der Waals surface area contributed by atoms with Crippen molar-refractivity contribution in [1.29, 1.82) is 0 Å². The molecule has 5 N–H and O–H groups in total. The number of rotatable bonds is 3. The average Bonchev–Trinajstić information content (AvgIpc) is 3.21. The number of allylic oxidation sites excluding steroid dienone is 1. The van der Waals surface area contributed by atoms with E-state index in [1.165, 1.54) is 0 Å². The number of β-amino-alcohol motifs (C(OH)–C–C–N with tert-alkyl or cyclic N) is 1. The number of nitrogens with two attached hydrogens (primary N) is 2. The van der Waals surface area contributed by atoms with Crippen molar-refractivity contribution in [2.24, 2.45) is 30.4 Å². The molecule has 1 aliphatic heterocycles. The lowest BCUT2D eigenvalue weighted by Crippen LogP contribution is -2.51. The van der Waals surface area contributed by atoms with Crippen LogP contribution in [0.3, 0.4) is 0 Å². The number of nitrogens with zero attached hydrogens (tertiary/aromatic N) is 5. The number of piperidine rings is 1. The molecule has 3 aromatic rings. The predicted octanol–water partition coefficient (Wildman–Crippen LogP) is 2.26. The zero-order valence-electron chi connectivity index (χ0n) is 19.8. The first-order valence-corrected chi connectivity index (χ1v) is 11.8. The van der Waals surface area contributed by atoms with Crippen LogP contribution >= 0.6 is 0 Å². The van der Waals surface area contributed by atoms with Crippen molar-refractivity contribution in [2.45, 2.75) is 44.6 Å². The summed E-state index contributed by atoms with van der Waals surface area (Å²) in [4.78, 5) is 11.6. The fourth-order valence-electron chi connectivity index (χ4n) is 5.05. The zero-order chi connectivity index (χ0) is 24.1. The van der Waals surface area contributed by atoms with Crippen molar-refractivity contribution >= 4 is 22.4 Å². The van der Waals surface area contributed by atoms with Gasteiger partial charge in [-0.2, -0.15) is 5.10 Å². The molecule has 9 heteroatoms. The number of hydrogen-bond acceptors (Lipinski definition) is 7. The Labute approximate surface area is 198 Å². The number of anilines is 1. The maximum absolute atomic E-state index is 15.2. The Balaban J connectivity index is 1.64. The van der Waals surface area contributed by atoms with E-state index in [0.717, 1.165) is 27.6 Å². The van der Waals surface area contributed by atoms with Crippen molar-refractivity contribution in [3.8, 4) is 11.1 Å². The van der Waals surface area contributed by atoms with Gasteiger partial charge in [-0.1, -0.05) is 26.0 Å². The quantitative estimate of drug-likeness (QED) is 0.543. The monoisotopic (exact) mass is 465 g/mol. The van der Waals surface area contributed by atoms with E-state index < -0.39 is 24.2 Å². The number of fused-ring (bicyclic) bond motifs is 1.